The Morgan fingerprint density at radius 2 is 1.80 bits per heavy atom. The molecule has 1 aliphatic heterocycles. The van der Waals surface area contributed by atoms with Crippen molar-refractivity contribution in [3.8, 4) is 0 Å². The number of likely N-dealkylation sites (tertiary alicyclic amines) is 1. The van der Waals surface area contributed by atoms with Gasteiger partial charge in [0.1, 0.15) is 6.54 Å². The maximum atomic E-state index is 12.2. The first-order valence-electron chi connectivity index (χ1n) is 10.2. The van der Waals surface area contributed by atoms with Gasteiger partial charge >= 0.3 is 0 Å². The Bertz CT molecular complexity index is 402. The molecule has 1 saturated carbocycles. The predicted molar refractivity (Wildman–Crippen MR) is 102 cm³/mol. The zero-order valence-corrected chi connectivity index (χ0v) is 15.9. The molecular weight excluding hydrogens is 316 g/mol. The van der Waals surface area contributed by atoms with Crippen LogP contribution in [-0.4, -0.2) is 62.2 Å². The van der Waals surface area contributed by atoms with Crippen LogP contribution in [0.25, 0.3) is 0 Å². The molecule has 2 N–H and O–H groups in total. The molecule has 0 radical (unpaired) electrons. The average molecular weight is 353 g/mol. The number of ether oxygens (including phenoxy) is 1. The van der Waals surface area contributed by atoms with Gasteiger partial charge in [0.25, 0.3) is 0 Å². The van der Waals surface area contributed by atoms with Crippen molar-refractivity contribution in [2.24, 2.45) is 4.99 Å². The van der Waals surface area contributed by atoms with E-state index in [-0.39, 0.29) is 12.5 Å². The smallest absolute Gasteiger partial charge is 0.244 e. The number of hydrogen-bond donors (Lipinski definition) is 2. The van der Waals surface area contributed by atoms with Crippen molar-refractivity contribution in [1.29, 1.82) is 0 Å². The summed E-state index contributed by atoms with van der Waals surface area (Å²) in [6.07, 6.45) is 11.3. The summed E-state index contributed by atoms with van der Waals surface area (Å²) < 4.78 is 5.94. The van der Waals surface area contributed by atoms with Gasteiger partial charge in [0, 0.05) is 32.8 Å². The van der Waals surface area contributed by atoms with Gasteiger partial charge in [-0.2, -0.15) is 0 Å². The molecule has 1 aliphatic carbocycles. The Hall–Kier alpha value is -1.30. The van der Waals surface area contributed by atoms with Crippen molar-refractivity contribution < 1.29 is 9.53 Å². The van der Waals surface area contributed by atoms with Crippen LogP contribution in [0.3, 0.4) is 0 Å². The molecule has 0 bridgehead atoms. The fourth-order valence-corrected chi connectivity index (χ4v) is 3.49. The predicted octanol–water partition coefficient (Wildman–Crippen LogP) is 2.29. The van der Waals surface area contributed by atoms with E-state index in [1.54, 1.807) is 0 Å². The molecule has 1 heterocycles. The third kappa shape index (κ3) is 8.08. The molecular formula is C19H36N4O2. The van der Waals surface area contributed by atoms with Crippen molar-refractivity contribution in [1.82, 2.24) is 15.5 Å². The summed E-state index contributed by atoms with van der Waals surface area (Å²) in [5.41, 5.74) is 0. The van der Waals surface area contributed by atoms with E-state index in [0.29, 0.717) is 6.10 Å². The number of rotatable bonds is 8. The van der Waals surface area contributed by atoms with E-state index in [9.17, 15) is 4.79 Å². The largest absolute Gasteiger partial charge is 0.378 e. The molecule has 2 aliphatic rings. The van der Waals surface area contributed by atoms with Gasteiger partial charge in [-0.15, -0.1) is 0 Å². The number of aliphatic imine (C=N–C) groups is 1. The van der Waals surface area contributed by atoms with Crippen LogP contribution in [-0.2, 0) is 9.53 Å². The van der Waals surface area contributed by atoms with Gasteiger partial charge < -0.3 is 20.3 Å². The Morgan fingerprint density at radius 3 is 2.52 bits per heavy atom. The van der Waals surface area contributed by atoms with Gasteiger partial charge in [0.2, 0.25) is 5.91 Å². The van der Waals surface area contributed by atoms with Crippen molar-refractivity contribution in [2.45, 2.75) is 70.8 Å². The van der Waals surface area contributed by atoms with E-state index in [1.807, 2.05) is 11.8 Å². The van der Waals surface area contributed by atoms with Gasteiger partial charge in [-0.3, -0.25) is 4.79 Å². The van der Waals surface area contributed by atoms with Crippen LogP contribution in [0.1, 0.15) is 64.7 Å². The highest BCUT2D eigenvalue weighted by Crippen LogP contribution is 2.20. The monoisotopic (exact) mass is 352 g/mol. The number of carbonyl (C=O) groups excluding carboxylic acids is 1. The van der Waals surface area contributed by atoms with E-state index >= 15 is 0 Å². The van der Waals surface area contributed by atoms with Crippen molar-refractivity contribution in [2.75, 3.05) is 39.3 Å². The number of amides is 1. The lowest BCUT2D eigenvalue weighted by Crippen LogP contribution is -2.41. The molecule has 0 spiro atoms. The van der Waals surface area contributed by atoms with Crippen molar-refractivity contribution in [3.63, 3.8) is 0 Å². The quantitative estimate of drug-likeness (QED) is 0.400. The molecule has 6 nitrogen and oxygen atoms in total. The minimum atomic E-state index is 0.137. The zero-order chi connectivity index (χ0) is 17.7. The molecule has 1 amide bonds. The van der Waals surface area contributed by atoms with Gasteiger partial charge in [-0.05, 0) is 45.4 Å². The number of nitrogens with one attached hydrogen (secondary N) is 2. The number of guanidine groups is 1. The highest BCUT2D eigenvalue weighted by Gasteiger charge is 2.16. The van der Waals surface area contributed by atoms with Gasteiger partial charge in [0.05, 0.1) is 6.10 Å². The van der Waals surface area contributed by atoms with E-state index in [0.717, 1.165) is 58.0 Å². The lowest BCUT2D eigenvalue weighted by atomic mass is 9.98. The Balaban J connectivity index is 1.62. The molecule has 2 rings (SSSR count). The number of nitrogens with zero attached hydrogens (tertiary/aromatic N) is 2. The molecule has 144 valence electrons. The van der Waals surface area contributed by atoms with Gasteiger partial charge in [-0.25, -0.2) is 4.99 Å². The summed E-state index contributed by atoms with van der Waals surface area (Å²) in [5.74, 6) is 0.864. The molecule has 0 aromatic rings. The maximum absolute atomic E-state index is 12.2. The van der Waals surface area contributed by atoms with Crippen molar-refractivity contribution in [3.05, 3.63) is 0 Å². The molecule has 0 unspecified atom stereocenters. The topological polar surface area (TPSA) is 66.0 Å². The molecule has 6 heteroatoms. The van der Waals surface area contributed by atoms with Crippen LogP contribution in [0, 0.1) is 0 Å². The highest BCUT2D eigenvalue weighted by molar-refractivity contribution is 5.84. The Kier molecular flexibility index (Phi) is 9.70. The van der Waals surface area contributed by atoms with Crippen LogP contribution in [0.4, 0.5) is 0 Å². The second-order valence-electron chi connectivity index (χ2n) is 7.05. The van der Waals surface area contributed by atoms with E-state index in [4.69, 9.17) is 4.74 Å². The summed E-state index contributed by atoms with van der Waals surface area (Å²) in [6.45, 7) is 6.44. The molecule has 2 fully saturated rings. The van der Waals surface area contributed by atoms with E-state index in [2.05, 4.69) is 15.6 Å². The molecule has 1 saturated heterocycles. The van der Waals surface area contributed by atoms with Crippen LogP contribution in [0.15, 0.2) is 4.99 Å². The second-order valence-corrected chi connectivity index (χ2v) is 7.05. The second kappa shape index (κ2) is 12.1. The van der Waals surface area contributed by atoms with Crippen molar-refractivity contribution >= 4 is 11.9 Å². The third-order valence-corrected chi connectivity index (χ3v) is 4.94. The number of hydrogen-bond acceptors (Lipinski definition) is 3. The SMILES string of the molecule is CCNC(=NCC(=O)N1CCCCC1)NCCCOC1CCCCC1. The molecule has 0 atom stereocenters. The first kappa shape index (κ1) is 20.0. The lowest BCUT2D eigenvalue weighted by molar-refractivity contribution is -0.130. The molecule has 0 aromatic carbocycles. The van der Waals surface area contributed by atoms with Crippen LogP contribution >= 0.6 is 0 Å². The van der Waals surface area contributed by atoms with Gasteiger partial charge in [-0.1, -0.05) is 19.3 Å². The minimum Gasteiger partial charge on any atom is -0.378 e. The average Bonchev–Trinajstić information content (AvgIpc) is 2.67. The van der Waals surface area contributed by atoms with Gasteiger partial charge in [0.15, 0.2) is 5.96 Å². The highest BCUT2D eigenvalue weighted by atomic mass is 16.5. The van der Waals surface area contributed by atoms with E-state index < -0.39 is 0 Å². The summed E-state index contributed by atoms with van der Waals surface area (Å²) in [4.78, 5) is 18.6. The zero-order valence-electron chi connectivity index (χ0n) is 15.9. The summed E-state index contributed by atoms with van der Waals surface area (Å²) in [5, 5.41) is 6.51. The first-order chi connectivity index (χ1) is 12.3. The summed E-state index contributed by atoms with van der Waals surface area (Å²) in [6, 6.07) is 0. The standard InChI is InChI=1S/C19H36N4O2/c1-2-20-19(22-16-18(24)23-13-7-4-8-14-23)21-12-9-15-25-17-10-5-3-6-11-17/h17H,2-16H2,1H3,(H2,20,21,22). The van der Waals surface area contributed by atoms with E-state index in [1.165, 1.54) is 38.5 Å². The van der Waals surface area contributed by atoms with Crippen LogP contribution < -0.4 is 10.6 Å². The Labute approximate surface area is 152 Å². The summed E-state index contributed by atoms with van der Waals surface area (Å²) in [7, 11) is 0. The molecule has 0 aromatic heterocycles. The minimum absolute atomic E-state index is 0.137. The maximum Gasteiger partial charge on any atom is 0.244 e. The lowest BCUT2D eigenvalue weighted by Gasteiger charge is -2.26. The fraction of sp³-hybridized carbons (Fsp3) is 0.895. The van der Waals surface area contributed by atoms with Crippen LogP contribution in [0.5, 0.6) is 0 Å². The first-order valence-corrected chi connectivity index (χ1v) is 10.2. The fourth-order valence-electron chi connectivity index (χ4n) is 3.49. The third-order valence-electron chi connectivity index (χ3n) is 4.94. The Morgan fingerprint density at radius 1 is 1.08 bits per heavy atom. The number of piperidine rings is 1. The number of carbonyl (C=O) groups is 1. The van der Waals surface area contributed by atoms with Crippen LogP contribution in [0.2, 0.25) is 0 Å². The summed E-state index contributed by atoms with van der Waals surface area (Å²) >= 11 is 0. The molecule has 25 heavy (non-hydrogen) atoms. The normalized spacial score (nSPS) is 19.7.